The van der Waals surface area contributed by atoms with Gasteiger partial charge in [0.15, 0.2) is 0 Å². The van der Waals surface area contributed by atoms with Crippen molar-refractivity contribution in [3.63, 3.8) is 0 Å². The van der Waals surface area contributed by atoms with Crippen LogP contribution in [-0.2, 0) is 22.4 Å². The fourth-order valence-corrected chi connectivity index (χ4v) is 4.74. The van der Waals surface area contributed by atoms with Gasteiger partial charge in [0, 0.05) is 12.0 Å². The van der Waals surface area contributed by atoms with E-state index in [1.165, 1.54) is 18.2 Å². The maximum atomic E-state index is 12.2. The van der Waals surface area contributed by atoms with Gasteiger partial charge in [0.1, 0.15) is 11.5 Å². The maximum absolute atomic E-state index is 12.2. The third kappa shape index (κ3) is 4.43. The number of carbonyl (C=O) groups excluding carboxylic acids is 1. The average Bonchev–Trinajstić information content (AvgIpc) is 3.38. The number of carbonyl (C=O) groups is 1. The summed E-state index contributed by atoms with van der Waals surface area (Å²) in [5.74, 6) is 2.41. The lowest BCUT2D eigenvalue weighted by molar-refractivity contribution is -0.146. The smallest absolute Gasteiger partial charge is 0.309 e. The molecule has 1 aliphatic carbocycles. The van der Waals surface area contributed by atoms with E-state index in [1.54, 1.807) is 0 Å². The molecule has 168 valence electrons. The second-order valence-corrected chi connectivity index (χ2v) is 8.49. The molecule has 0 fully saturated rings. The van der Waals surface area contributed by atoms with Crippen LogP contribution in [0.5, 0.6) is 5.75 Å². The van der Waals surface area contributed by atoms with Gasteiger partial charge in [-0.3, -0.25) is 4.79 Å². The number of oxazole rings is 1. The highest BCUT2D eigenvalue weighted by atomic mass is 16.5. The molecule has 3 aromatic rings. The van der Waals surface area contributed by atoms with Gasteiger partial charge in [-0.1, -0.05) is 31.2 Å². The van der Waals surface area contributed by atoms with E-state index in [9.17, 15) is 4.79 Å². The molecule has 0 N–H and O–H groups in total. The van der Waals surface area contributed by atoms with Gasteiger partial charge in [-0.05, 0) is 73.9 Å². The Kier molecular flexibility index (Phi) is 6.63. The maximum Gasteiger partial charge on any atom is 0.309 e. The quantitative estimate of drug-likeness (QED) is 0.420. The van der Waals surface area contributed by atoms with E-state index in [0.717, 1.165) is 47.6 Å². The van der Waals surface area contributed by atoms with Gasteiger partial charge in [0.2, 0.25) is 5.89 Å². The molecule has 0 spiro atoms. The summed E-state index contributed by atoms with van der Waals surface area (Å²) in [6.45, 7) is 6.60. The molecule has 0 aliphatic heterocycles. The Bertz CT molecular complexity index is 1090. The molecule has 1 aromatic heterocycles. The van der Waals surface area contributed by atoms with Crippen molar-refractivity contribution in [3.8, 4) is 17.2 Å². The van der Waals surface area contributed by atoms with Gasteiger partial charge in [-0.15, -0.1) is 0 Å². The lowest BCUT2D eigenvalue weighted by Crippen LogP contribution is -2.21. The fraction of sp³-hybridized carbons (Fsp3) is 0.407. The van der Waals surface area contributed by atoms with Crippen molar-refractivity contribution in [3.05, 3.63) is 70.6 Å². The van der Waals surface area contributed by atoms with Crippen LogP contribution in [-0.4, -0.2) is 24.7 Å². The van der Waals surface area contributed by atoms with Gasteiger partial charge in [-0.25, -0.2) is 4.98 Å². The minimum absolute atomic E-state index is 0.0821. The summed E-state index contributed by atoms with van der Waals surface area (Å²) in [5.41, 5.74) is 5.54. The summed E-state index contributed by atoms with van der Waals surface area (Å²) in [6.07, 6.45) is 3.41. The first kappa shape index (κ1) is 22.1. The number of benzene rings is 2. The summed E-state index contributed by atoms with van der Waals surface area (Å²) in [6, 6.07) is 14.3. The highest BCUT2D eigenvalue weighted by Crippen LogP contribution is 2.42. The number of hydrogen-bond acceptors (Lipinski definition) is 5. The molecule has 1 aliphatic rings. The number of esters is 1. The van der Waals surface area contributed by atoms with Crippen LogP contribution in [0.3, 0.4) is 0 Å². The predicted octanol–water partition coefficient (Wildman–Crippen LogP) is 5.81. The molecule has 0 bridgehead atoms. The summed E-state index contributed by atoms with van der Waals surface area (Å²) in [7, 11) is 1.47. The summed E-state index contributed by atoms with van der Waals surface area (Å²) in [5, 5.41) is 0. The van der Waals surface area contributed by atoms with Crippen molar-refractivity contribution in [1.29, 1.82) is 0 Å². The third-order valence-electron chi connectivity index (χ3n) is 6.50. The predicted molar refractivity (Wildman–Crippen MR) is 124 cm³/mol. The molecule has 1 heterocycles. The highest BCUT2D eigenvalue weighted by Gasteiger charge is 2.34. The molecule has 0 amide bonds. The second-order valence-electron chi connectivity index (χ2n) is 8.49. The van der Waals surface area contributed by atoms with Crippen molar-refractivity contribution < 1.29 is 18.7 Å². The Morgan fingerprint density at radius 3 is 2.72 bits per heavy atom. The standard InChI is InChI=1S/C27H31NO4/c1-5-21(27(29)30-4)22-12-11-20-16-25(17(2)15-23(20)22)31-14-13-24-18(3)32-26(28-24)19-9-7-6-8-10-19/h6-10,15-16,21-22H,5,11-14H2,1-4H3. The van der Waals surface area contributed by atoms with Crippen molar-refractivity contribution in [2.45, 2.75) is 52.4 Å². The molecule has 32 heavy (non-hydrogen) atoms. The van der Waals surface area contributed by atoms with Crippen LogP contribution in [0.1, 0.15) is 53.8 Å². The summed E-state index contributed by atoms with van der Waals surface area (Å²) >= 11 is 0. The van der Waals surface area contributed by atoms with Crippen LogP contribution < -0.4 is 4.74 Å². The molecule has 2 atom stereocenters. The molecule has 5 heteroatoms. The van der Waals surface area contributed by atoms with Crippen molar-refractivity contribution in [2.75, 3.05) is 13.7 Å². The van der Waals surface area contributed by atoms with E-state index >= 15 is 0 Å². The molecular formula is C27H31NO4. The molecule has 5 nitrogen and oxygen atoms in total. The molecule has 2 aromatic carbocycles. The number of aryl methyl sites for hydroxylation is 3. The van der Waals surface area contributed by atoms with Crippen molar-refractivity contribution in [1.82, 2.24) is 4.98 Å². The number of methoxy groups -OCH3 is 1. The van der Waals surface area contributed by atoms with Gasteiger partial charge in [0.25, 0.3) is 0 Å². The third-order valence-corrected chi connectivity index (χ3v) is 6.50. The number of ether oxygens (including phenoxy) is 2. The van der Waals surface area contributed by atoms with Crippen LogP contribution in [0, 0.1) is 19.8 Å². The SMILES string of the molecule is CCC(C(=O)OC)C1CCc2cc(OCCc3nc(-c4ccccc4)oc3C)c(C)cc21. The molecular weight excluding hydrogens is 402 g/mol. The largest absolute Gasteiger partial charge is 0.493 e. The molecule has 0 radical (unpaired) electrons. The van der Waals surface area contributed by atoms with Crippen LogP contribution >= 0.6 is 0 Å². The van der Waals surface area contributed by atoms with Crippen molar-refractivity contribution >= 4 is 5.97 Å². The van der Waals surface area contributed by atoms with Crippen LogP contribution in [0.2, 0.25) is 0 Å². The Balaban J connectivity index is 1.43. The average molecular weight is 434 g/mol. The molecule has 2 unspecified atom stereocenters. The number of rotatable bonds is 8. The van der Waals surface area contributed by atoms with Gasteiger partial charge >= 0.3 is 5.97 Å². The van der Waals surface area contributed by atoms with Crippen LogP contribution in [0.15, 0.2) is 46.9 Å². The summed E-state index contributed by atoms with van der Waals surface area (Å²) < 4.78 is 17.1. The minimum Gasteiger partial charge on any atom is -0.493 e. The van der Waals surface area contributed by atoms with E-state index in [4.69, 9.17) is 13.9 Å². The molecule has 0 saturated heterocycles. The molecule has 4 rings (SSSR count). The van der Waals surface area contributed by atoms with E-state index in [0.29, 0.717) is 18.9 Å². The Morgan fingerprint density at radius 2 is 2.00 bits per heavy atom. The zero-order chi connectivity index (χ0) is 22.7. The lowest BCUT2D eigenvalue weighted by atomic mass is 9.85. The zero-order valence-electron chi connectivity index (χ0n) is 19.3. The van der Waals surface area contributed by atoms with E-state index in [-0.39, 0.29) is 17.8 Å². The molecule has 0 saturated carbocycles. The Morgan fingerprint density at radius 1 is 1.22 bits per heavy atom. The lowest BCUT2D eigenvalue weighted by Gasteiger charge is -2.21. The number of hydrogen-bond donors (Lipinski definition) is 0. The van der Waals surface area contributed by atoms with Gasteiger partial charge < -0.3 is 13.9 Å². The summed E-state index contributed by atoms with van der Waals surface area (Å²) in [4.78, 5) is 16.9. The van der Waals surface area contributed by atoms with Crippen molar-refractivity contribution in [2.24, 2.45) is 5.92 Å². The van der Waals surface area contributed by atoms with E-state index in [2.05, 4.69) is 31.0 Å². The monoisotopic (exact) mass is 433 g/mol. The number of fused-ring (bicyclic) bond motifs is 1. The Labute approximate surface area is 189 Å². The first-order valence-corrected chi connectivity index (χ1v) is 11.4. The van der Waals surface area contributed by atoms with Crippen LogP contribution in [0.25, 0.3) is 11.5 Å². The first-order chi connectivity index (χ1) is 15.5. The number of nitrogens with zero attached hydrogens (tertiary/aromatic N) is 1. The number of aromatic nitrogens is 1. The van der Waals surface area contributed by atoms with E-state index in [1.807, 2.05) is 37.3 Å². The highest BCUT2D eigenvalue weighted by molar-refractivity contribution is 5.74. The van der Waals surface area contributed by atoms with E-state index < -0.39 is 0 Å². The Hall–Kier alpha value is -3.08. The fourth-order valence-electron chi connectivity index (χ4n) is 4.74. The normalized spacial score (nSPS) is 15.9. The topological polar surface area (TPSA) is 61.6 Å². The van der Waals surface area contributed by atoms with Gasteiger partial charge in [-0.2, -0.15) is 0 Å². The van der Waals surface area contributed by atoms with Gasteiger partial charge in [0.05, 0.1) is 25.3 Å². The second kappa shape index (κ2) is 9.60. The first-order valence-electron chi connectivity index (χ1n) is 11.4. The zero-order valence-corrected chi connectivity index (χ0v) is 19.3. The van der Waals surface area contributed by atoms with Crippen LogP contribution in [0.4, 0.5) is 0 Å². The minimum atomic E-state index is -0.110.